The predicted octanol–water partition coefficient (Wildman–Crippen LogP) is 5.32. The molecule has 6 heteroatoms. The van der Waals surface area contributed by atoms with Crippen molar-refractivity contribution in [2.45, 2.75) is 53.6 Å². The maximum atomic E-state index is 13.7. The fourth-order valence-corrected chi connectivity index (χ4v) is 4.56. The van der Waals surface area contributed by atoms with Gasteiger partial charge >= 0.3 is 0 Å². The summed E-state index contributed by atoms with van der Waals surface area (Å²) in [4.78, 5) is 20.0. The molecule has 0 atom stereocenters. The van der Waals surface area contributed by atoms with Crippen molar-refractivity contribution < 1.29 is 9.18 Å². The fourth-order valence-electron chi connectivity index (χ4n) is 3.34. The molecule has 0 radical (unpaired) electrons. The molecule has 148 valence electrons. The van der Waals surface area contributed by atoms with Gasteiger partial charge in [0.2, 0.25) is 0 Å². The Morgan fingerprint density at radius 2 is 1.86 bits per heavy atom. The number of hydrogen-bond acceptors (Lipinski definition) is 3. The van der Waals surface area contributed by atoms with Gasteiger partial charge in [-0.05, 0) is 89.2 Å². The molecule has 0 bridgehead atoms. The van der Waals surface area contributed by atoms with Crippen LogP contribution in [0.4, 0.5) is 4.39 Å². The van der Waals surface area contributed by atoms with E-state index in [4.69, 9.17) is 0 Å². The highest BCUT2D eigenvalue weighted by Gasteiger charge is 2.35. The molecule has 1 aliphatic heterocycles. The summed E-state index contributed by atoms with van der Waals surface area (Å²) in [7, 11) is 0. The van der Waals surface area contributed by atoms with Gasteiger partial charge in [0.15, 0.2) is 5.17 Å². The number of hydrogen-bond donors (Lipinski definition) is 0. The smallest absolute Gasteiger partial charge is 0.266 e. The molecule has 0 N–H and O–H groups in total. The Labute approximate surface area is 170 Å². The van der Waals surface area contributed by atoms with Crippen LogP contribution in [0.5, 0.6) is 0 Å². The molecule has 0 saturated carbocycles. The summed E-state index contributed by atoms with van der Waals surface area (Å²) in [5.74, 6) is -0.288. The maximum absolute atomic E-state index is 13.7. The fraction of sp³-hybridized carbons (Fsp3) is 0.364. The van der Waals surface area contributed by atoms with Gasteiger partial charge in [-0.2, -0.15) is 0 Å². The van der Waals surface area contributed by atoms with Crippen LogP contribution < -0.4 is 0 Å². The first-order chi connectivity index (χ1) is 13.2. The van der Waals surface area contributed by atoms with Gasteiger partial charge < -0.3 is 4.57 Å². The Morgan fingerprint density at radius 3 is 2.46 bits per heavy atom. The molecule has 0 spiro atoms. The van der Waals surface area contributed by atoms with E-state index in [9.17, 15) is 9.18 Å². The quantitative estimate of drug-likeness (QED) is 0.652. The number of rotatable bonds is 4. The van der Waals surface area contributed by atoms with E-state index in [2.05, 4.69) is 4.99 Å². The topological polar surface area (TPSA) is 37.6 Å². The van der Waals surface area contributed by atoms with Crippen molar-refractivity contribution >= 4 is 28.9 Å². The molecule has 1 amide bonds. The predicted molar refractivity (Wildman–Crippen MR) is 115 cm³/mol. The normalized spacial score (nSPS) is 17.8. The third kappa shape index (κ3) is 3.92. The van der Waals surface area contributed by atoms with Crippen LogP contribution in [0.15, 0.2) is 40.2 Å². The molecule has 4 nitrogen and oxygen atoms in total. The third-order valence-electron chi connectivity index (χ3n) is 4.55. The molecule has 1 saturated heterocycles. The van der Waals surface area contributed by atoms with Crippen LogP contribution >= 0.6 is 11.8 Å². The van der Waals surface area contributed by atoms with Crippen molar-refractivity contribution in [3.8, 4) is 5.69 Å². The van der Waals surface area contributed by atoms with Crippen LogP contribution in [0.25, 0.3) is 11.8 Å². The Balaban J connectivity index is 2.03. The standard InChI is InChI=1S/C22H26FN3OS/c1-13(2)24-22-25(14(3)4)21(27)20(28-22)11-17-10-15(5)26(16(17)6)19-9-7-8-18(23)12-19/h7-14H,1-6H3/b20-11+,24-22?. The molecule has 0 aliphatic carbocycles. The Kier molecular flexibility index (Phi) is 5.79. The molecule has 1 fully saturated rings. The lowest BCUT2D eigenvalue weighted by Crippen LogP contribution is -2.35. The van der Waals surface area contributed by atoms with E-state index in [1.807, 2.05) is 64.3 Å². The van der Waals surface area contributed by atoms with Crippen molar-refractivity contribution in [3.63, 3.8) is 0 Å². The summed E-state index contributed by atoms with van der Waals surface area (Å²) in [6.45, 7) is 12.0. The number of amides is 1. The van der Waals surface area contributed by atoms with E-state index in [1.165, 1.54) is 23.9 Å². The Hall–Kier alpha value is -2.34. The summed E-state index contributed by atoms with van der Waals surface area (Å²) in [5.41, 5.74) is 3.68. The van der Waals surface area contributed by atoms with Crippen molar-refractivity contribution in [2.24, 2.45) is 4.99 Å². The first-order valence-electron chi connectivity index (χ1n) is 9.44. The second-order valence-electron chi connectivity index (χ2n) is 7.53. The van der Waals surface area contributed by atoms with Crippen LogP contribution in [0.3, 0.4) is 0 Å². The number of nitrogens with zero attached hydrogens (tertiary/aromatic N) is 3. The molecule has 1 aromatic heterocycles. The minimum absolute atomic E-state index is 0.0186. The molecule has 28 heavy (non-hydrogen) atoms. The van der Waals surface area contributed by atoms with Crippen LogP contribution in [-0.2, 0) is 4.79 Å². The minimum atomic E-state index is -0.270. The number of aliphatic imine (C=N–C) groups is 1. The molecule has 3 rings (SSSR count). The second kappa shape index (κ2) is 7.95. The summed E-state index contributed by atoms with van der Waals surface area (Å²) in [5, 5.41) is 0.750. The lowest BCUT2D eigenvalue weighted by atomic mass is 10.2. The first-order valence-corrected chi connectivity index (χ1v) is 10.3. The van der Waals surface area contributed by atoms with E-state index >= 15 is 0 Å². The van der Waals surface area contributed by atoms with Crippen molar-refractivity contribution in [3.05, 3.63) is 58.0 Å². The maximum Gasteiger partial charge on any atom is 0.266 e. The van der Waals surface area contributed by atoms with Crippen molar-refractivity contribution in [1.29, 1.82) is 0 Å². The van der Waals surface area contributed by atoms with E-state index in [1.54, 1.807) is 11.0 Å². The van der Waals surface area contributed by atoms with Gasteiger partial charge in [-0.25, -0.2) is 4.39 Å². The molecular formula is C22H26FN3OS. The van der Waals surface area contributed by atoms with E-state index in [0.717, 1.165) is 27.8 Å². The SMILES string of the molecule is Cc1cc(/C=C2/SC(=NC(C)C)N(C(C)C)C2=O)c(C)n1-c1cccc(F)c1. The monoisotopic (exact) mass is 399 g/mol. The zero-order valence-corrected chi connectivity index (χ0v) is 18.0. The van der Waals surface area contributed by atoms with E-state index in [-0.39, 0.29) is 23.8 Å². The summed E-state index contributed by atoms with van der Waals surface area (Å²) < 4.78 is 15.7. The van der Waals surface area contributed by atoms with Crippen molar-refractivity contribution in [1.82, 2.24) is 9.47 Å². The highest BCUT2D eigenvalue weighted by Crippen LogP contribution is 2.35. The number of benzene rings is 1. The van der Waals surface area contributed by atoms with Crippen LogP contribution in [0, 0.1) is 19.7 Å². The van der Waals surface area contributed by atoms with Crippen LogP contribution in [0.1, 0.15) is 44.6 Å². The molecule has 1 aromatic carbocycles. The minimum Gasteiger partial charge on any atom is -0.318 e. The van der Waals surface area contributed by atoms with Gasteiger partial charge in [0, 0.05) is 29.2 Å². The number of carbonyl (C=O) groups excluding carboxylic acids is 1. The number of halogens is 1. The molecule has 0 unspecified atom stereocenters. The zero-order valence-electron chi connectivity index (χ0n) is 17.2. The van der Waals surface area contributed by atoms with Gasteiger partial charge in [0.1, 0.15) is 5.82 Å². The number of aryl methyl sites for hydroxylation is 1. The summed E-state index contributed by atoms with van der Waals surface area (Å²) in [6.07, 6.45) is 1.92. The number of carbonyl (C=O) groups is 1. The van der Waals surface area contributed by atoms with Crippen LogP contribution in [0.2, 0.25) is 0 Å². The van der Waals surface area contributed by atoms with Crippen molar-refractivity contribution in [2.75, 3.05) is 0 Å². The Bertz CT molecular complexity index is 972. The third-order valence-corrected chi connectivity index (χ3v) is 5.54. The average Bonchev–Trinajstić information content (AvgIpc) is 3.03. The number of amidine groups is 1. The highest BCUT2D eigenvalue weighted by molar-refractivity contribution is 8.18. The molecule has 1 aliphatic rings. The lowest BCUT2D eigenvalue weighted by molar-refractivity contribution is -0.123. The van der Waals surface area contributed by atoms with E-state index in [0.29, 0.717) is 4.91 Å². The zero-order chi connectivity index (χ0) is 20.6. The highest BCUT2D eigenvalue weighted by atomic mass is 32.2. The summed E-state index contributed by atoms with van der Waals surface area (Å²) in [6, 6.07) is 8.72. The summed E-state index contributed by atoms with van der Waals surface area (Å²) >= 11 is 1.42. The number of thioether (sulfide) groups is 1. The molecular weight excluding hydrogens is 373 g/mol. The Morgan fingerprint density at radius 1 is 1.14 bits per heavy atom. The van der Waals surface area contributed by atoms with Gasteiger partial charge in [-0.3, -0.25) is 14.7 Å². The van der Waals surface area contributed by atoms with Gasteiger partial charge in [0.05, 0.1) is 4.91 Å². The van der Waals surface area contributed by atoms with Gasteiger partial charge in [-0.15, -0.1) is 0 Å². The van der Waals surface area contributed by atoms with Gasteiger partial charge in [-0.1, -0.05) is 6.07 Å². The molecule has 2 aromatic rings. The van der Waals surface area contributed by atoms with Crippen LogP contribution in [-0.4, -0.2) is 32.6 Å². The largest absolute Gasteiger partial charge is 0.318 e. The second-order valence-corrected chi connectivity index (χ2v) is 8.54. The average molecular weight is 400 g/mol. The molecule has 2 heterocycles. The van der Waals surface area contributed by atoms with E-state index < -0.39 is 0 Å². The van der Waals surface area contributed by atoms with Gasteiger partial charge in [0.25, 0.3) is 5.91 Å². The first kappa shape index (κ1) is 20.4. The number of aromatic nitrogens is 1. The lowest BCUT2D eigenvalue weighted by Gasteiger charge is -2.20.